The van der Waals surface area contributed by atoms with Gasteiger partial charge in [-0.05, 0) is 80.5 Å². The van der Waals surface area contributed by atoms with E-state index in [1.807, 2.05) is 0 Å². The number of ether oxygens (including phenoxy) is 1. The highest BCUT2D eigenvalue weighted by atomic mass is 19.1. The van der Waals surface area contributed by atoms with Gasteiger partial charge in [-0.15, -0.1) is 0 Å². The largest absolute Gasteiger partial charge is 0.459 e. The van der Waals surface area contributed by atoms with Crippen LogP contribution in [0.3, 0.4) is 0 Å². The van der Waals surface area contributed by atoms with E-state index in [1.165, 1.54) is 69.2 Å². The Bertz CT molecular complexity index is 523. The molecule has 0 atom stereocenters. The summed E-state index contributed by atoms with van der Waals surface area (Å²) in [5.41, 5.74) is 0.441. The molecule has 0 aromatic heterocycles. The second-order valence-corrected chi connectivity index (χ2v) is 7.64. The van der Waals surface area contributed by atoms with Gasteiger partial charge in [0.25, 0.3) is 0 Å². The van der Waals surface area contributed by atoms with Gasteiger partial charge in [-0.3, -0.25) is 0 Å². The lowest BCUT2D eigenvalue weighted by Crippen LogP contribution is -2.29. The van der Waals surface area contributed by atoms with Crippen molar-refractivity contribution in [3.05, 3.63) is 35.6 Å². The molecular formula is C21H29FO2. The van der Waals surface area contributed by atoms with E-state index < -0.39 is 0 Å². The van der Waals surface area contributed by atoms with E-state index in [4.69, 9.17) is 4.74 Å². The molecule has 132 valence electrons. The molecule has 0 amide bonds. The van der Waals surface area contributed by atoms with Crippen LogP contribution in [0.5, 0.6) is 0 Å². The molecule has 24 heavy (non-hydrogen) atoms. The minimum atomic E-state index is -0.329. The molecule has 2 aliphatic carbocycles. The highest BCUT2D eigenvalue weighted by Gasteiger charge is 2.31. The van der Waals surface area contributed by atoms with Crippen molar-refractivity contribution < 1.29 is 13.9 Å². The average molecular weight is 332 g/mol. The molecule has 2 saturated carbocycles. The van der Waals surface area contributed by atoms with Crippen LogP contribution >= 0.6 is 0 Å². The summed E-state index contributed by atoms with van der Waals surface area (Å²) in [5, 5.41) is 0. The van der Waals surface area contributed by atoms with Gasteiger partial charge in [0.15, 0.2) is 0 Å². The van der Waals surface area contributed by atoms with Crippen molar-refractivity contribution in [3.63, 3.8) is 0 Å². The van der Waals surface area contributed by atoms with Gasteiger partial charge in [0.2, 0.25) is 0 Å². The fourth-order valence-electron chi connectivity index (χ4n) is 4.55. The molecule has 0 spiro atoms. The number of rotatable bonds is 4. The SMILES string of the molecule is CC[C@H]1CC[C@H](C2CCC(OC(=O)c3ccc(F)cc3)CC2)CC1. The summed E-state index contributed by atoms with van der Waals surface area (Å²) in [6.07, 6.45) is 11.3. The summed E-state index contributed by atoms with van der Waals surface area (Å²) in [4.78, 5) is 12.1. The standard InChI is InChI=1S/C21H29FO2/c1-2-15-3-5-16(6-4-15)17-9-13-20(14-10-17)24-21(23)18-7-11-19(22)12-8-18/h7-8,11-12,15-17,20H,2-6,9-10,13-14H2,1H3/t15-,16-,17?,20?. The monoisotopic (exact) mass is 332 g/mol. The van der Waals surface area contributed by atoms with Crippen LogP contribution in [0.4, 0.5) is 4.39 Å². The number of hydrogen-bond donors (Lipinski definition) is 0. The van der Waals surface area contributed by atoms with Crippen molar-refractivity contribution in [2.75, 3.05) is 0 Å². The maximum Gasteiger partial charge on any atom is 0.338 e. The highest BCUT2D eigenvalue weighted by molar-refractivity contribution is 5.89. The Balaban J connectivity index is 1.43. The molecule has 0 saturated heterocycles. The predicted molar refractivity (Wildman–Crippen MR) is 93.3 cm³/mol. The van der Waals surface area contributed by atoms with Crippen LogP contribution < -0.4 is 0 Å². The summed E-state index contributed by atoms with van der Waals surface area (Å²) in [7, 11) is 0. The van der Waals surface area contributed by atoms with Gasteiger partial charge in [-0.2, -0.15) is 0 Å². The van der Waals surface area contributed by atoms with Crippen LogP contribution in [-0.2, 0) is 4.74 Å². The third-order valence-corrected chi connectivity index (χ3v) is 6.21. The number of halogens is 1. The van der Waals surface area contributed by atoms with Gasteiger partial charge in [0, 0.05) is 0 Å². The zero-order valence-corrected chi connectivity index (χ0v) is 14.7. The normalized spacial score (nSPS) is 30.8. The molecular weight excluding hydrogens is 303 g/mol. The lowest BCUT2D eigenvalue weighted by Gasteiger charge is -2.37. The first-order chi connectivity index (χ1) is 11.7. The van der Waals surface area contributed by atoms with Crippen molar-refractivity contribution in [1.82, 2.24) is 0 Å². The fraction of sp³-hybridized carbons (Fsp3) is 0.667. The molecule has 0 radical (unpaired) electrons. The van der Waals surface area contributed by atoms with Gasteiger partial charge < -0.3 is 4.74 Å². The van der Waals surface area contributed by atoms with E-state index in [9.17, 15) is 9.18 Å². The molecule has 3 heteroatoms. The van der Waals surface area contributed by atoms with Crippen molar-refractivity contribution in [2.24, 2.45) is 17.8 Å². The molecule has 1 aromatic carbocycles. The molecule has 2 fully saturated rings. The first kappa shape index (κ1) is 17.4. The quantitative estimate of drug-likeness (QED) is 0.655. The summed E-state index contributed by atoms with van der Waals surface area (Å²) < 4.78 is 18.5. The Hall–Kier alpha value is -1.38. The van der Waals surface area contributed by atoms with E-state index in [2.05, 4.69) is 6.92 Å². The molecule has 2 aliphatic rings. The first-order valence-electron chi connectivity index (χ1n) is 9.62. The van der Waals surface area contributed by atoms with E-state index in [-0.39, 0.29) is 17.9 Å². The molecule has 3 rings (SSSR count). The Morgan fingerprint density at radius 2 is 1.50 bits per heavy atom. The highest BCUT2D eigenvalue weighted by Crippen LogP contribution is 2.41. The van der Waals surface area contributed by atoms with Crippen LogP contribution in [0.25, 0.3) is 0 Å². The fourth-order valence-corrected chi connectivity index (χ4v) is 4.55. The molecule has 0 heterocycles. The zero-order chi connectivity index (χ0) is 16.9. The maximum atomic E-state index is 12.9. The summed E-state index contributed by atoms with van der Waals surface area (Å²) >= 11 is 0. The molecule has 0 aliphatic heterocycles. The Labute approximate surface area is 144 Å². The third-order valence-electron chi connectivity index (χ3n) is 6.21. The van der Waals surface area contributed by atoms with Crippen molar-refractivity contribution in [3.8, 4) is 0 Å². The minimum absolute atomic E-state index is 0.0331. The number of esters is 1. The van der Waals surface area contributed by atoms with Gasteiger partial charge in [0.05, 0.1) is 5.56 Å². The first-order valence-corrected chi connectivity index (χ1v) is 9.62. The minimum Gasteiger partial charge on any atom is -0.459 e. The smallest absolute Gasteiger partial charge is 0.338 e. The van der Waals surface area contributed by atoms with E-state index in [0.717, 1.165) is 30.6 Å². The van der Waals surface area contributed by atoms with E-state index >= 15 is 0 Å². The maximum absolute atomic E-state index is 12.9. The second kappa shape index (κ2) is 8.13. The summed E-state index contributed by atoms with van der Waals surface area (Å²) in [6, 6.07) is 5.60. The molecule has 0 N–H and O–H groups in total. The summed E-state index contributed by atoms with van der Waals surface area (Å²) in [6.45, 7) is 2.31. The molecule has 1 aromatic rings. The molecule has 0 bridgehead atoms. The third kappa shape index (κ3) is 4.37. The second-order valence-electron chi connectivity index (χ2n) is 7.64. The molecule has 0 unspecified atom stereocenters. The van der Waals surface area contributed by atoms with Gasteiger partial charge >= 0.3 is 5.97 Å². The van der Waals surface area contributed by atoms with Crippen molar-refractivity contribution >= 4 is 5.97 Å². The topological polar surface area (TPSA) is 26.3 Å². The van der Waals surface area contributed by atoms with Gasteiger partial charge in [0.1, 0.15) is 11.9 Å². The number of carbonyl (C=O) groups is 1. The van der Waals surface area contributed by atoms with Crippen LogP contribution in [0.2, 0.25) is 0 Å². The van der Waals surface area contributed by atoms with Gasteiger partial charge in [-0.25, -0.2) is 9.18 Å². The van der Waals surface area contributed by atoms with Crippen molar-refractivity contribution in [1.29, 1.82) is 0 Å². The number of benzene rings is 1. The van der Waals surface area contributed by atoms with Crippen LogP contribution in [-0.4, -0.2) is 12.1 Å². The van der Waals surface area contributed by atoms with Crippen molar-refractivity contribution in [2.45, 2.75) is 70.8 Å². The van der Waals surface area contributed by atoms with E-state index in [1.54, 1.807) is 0 Å². The number of hydrogen-bond acceptors (Lipinski definition) is 2. The Kier molecular flexibility index (Phi) is 5.91. The average Bonchev–Trinajstić information content (AvgIpc) is 2.63. The lowest BCUT2D eigenvalue weighted by molar-refractivity contribution is 0.0110. The van der Waals surface area contributed by atoms with Crippen LogP contribution in [0.1, 0.15) is 75.1 Å². The van der Waals surface area contributed by atoms with Gasteiger partial charge in [-0.1, -0.05) is 26.2 Å². The van der Waals surface area contributed by atoms with E-state index in [0.29, 0.717) is 5.56 Å². The van der Waals surface area contributed by atoms with Crippen LogP contribution in [0, 0.1) is 23.6 Å². The predicted octanol–water partition coefficient (Wildman–Crippen LogP) is 5.76. The summed E-state index contributed by atoms with van der Waals surface area (Å²) in [5.74, 6) is 2.02. The Morgan fingerprint density at radius 1 is 0.958 bits per heavy atom. The Morgan fingerprint density at radius 3 is 2.04 bits per heavy atom. The lowest BCUT2D eigenvalue weighted by atomic mass is 9.70. The molecule has 2 nitrogen and oxygen atoms in total. The zero-order valence-electron chi connectivity index (χ0n) is 14.7. The number of carbonyl (C=O) groups excluding carboxylic acids is 1. The van der Waals surface area contributed by atoms with Crippen LogP contribution in [0.15, 0.2) is 24.3 Å².